The normalized spacial score (nSPS) is 51.9. The number of hydrogen-bond acceptors (Lipinski definition) is 4. The molecule has 0 radical (unpaired) electrons. The van der Waals surface area contributed by atoms with Gasteiger partial charge >= 0.3 is 0 Å². The summed E-state index contributed by atoms with van der Waals surface area (Å²) in [6, 6.07) is 0. The van der Waals surface area contributed by atoms with Crippen LogP contribution in [0.25, 0.3) is 0 Å². The third-order valence-electron chi connectivity index (χ3n) is 9.41. The van der Waals surface area contributed by atoms with E-state index in [1.165, 1.54) is 0 Å². The van der Waals surface area contributed by atoms with Gasteiger partial charge in [-0.3, -0.25) is 9.59 Å². The summed E-state index contributed by atoms with van der Waals surface area (Å²) < 4.78 is 16.9. The van der Waals surface area contributed by atoms with Gasteiger partial charge in [-0.1, -0.05) is 26.3 Å². The van der Waals surface area contributed by atoms with Gasteiger partial charge in [-0.15, -0.1) is 0 Å². The summed E-state index contributed by atoms with van der Waals surface area (Å²) in [4.78, 5) is 24.5. The second-order valence-electron chi connectivity index (χ2n) is 10.1. The molecule has 0 aromatic rings. The third-order valence-corrected chi connectivity index (χ3v) is 9.41. The smallest absolute Gasteiger partial charge is 0.164 e. The number of alkyl halides is 1. The van der Waals surface area contributed by atoms with Gasteiger partial charge in [-0.2, -0.15) is 0 Å². The largest absolute Gasteiger partial charge is 0.390 e. The second kappa shape index (κ2) is 5.73. The number of halogens is 1. The molecule has 0 amide bonds. The molecule has 4 rings (SSSR count). The molecule has 2 N–H and O–H groups in total. The van der Waals surface area contributed by atoms with Crippen LogP contribution in [-0.2, 0) is 9.59 Å². The van der Waals surface area contributed by atoms with Crippen LogP contribution < -0.4 is 0 Å². The summed E-state index contributed by atoms with van der Waals surface area (Å²) in [5, 5.41) is 20.7. The van der Waals surface area contributed by atoms with Gasteiger partial charge in [0.1, 0.15) is 12.3 Å². The predicted octanol–water partition coefficient (Wildman–Crippen LogP) is 3.15. The van der Waals surface area contributed by atoms with Crippen LogP contribution >= 0.6 is 0 Å². The molecule has 0 unspecified atom stereocenters. The zero-order valence-corrected chi connectivity index (χ0v) is 16.6. The molecule has 3 fully saturated rings. The molecule has 27 heavy (non-hydrogen) atoms. The maximum absolute atomic E-state index is 16.9. The quantitative estimate of drug-likeness (QED) is 0.774. The van der Waals surface area contributed by atoms with Crippen LogP contribution in [0.2, 0.25) is 0 Å². The maximum atomic E-state index is 16.9. The maximum Gasteiger partial charge on any atom is 0.164 e. The molecule has 150 valence electrons. The Hall–Kier alpha value is -1.07. The summed E-state index contributed by atoms with van der Waals surface area (Å²) in [7, 11) is 0. The van der Waals surface area contributed by atoms with Crippen molar-refractivity contribution < 1.29 is 24.2 Å². The Morgan fingerprint density at radius 3 is 2.56 bits per heavy atom. The molecule has 0 heterocycles. The molecule has 0 aromatic heterocycles. The fourth-order valence-electron chi connectivity index (χ4n) is 7.45. The third kappa shape index (κ3) is 2.10. The van der Waals surface area contributed by atoms with E-state index >= 15 is 4.39 Å². The van der Waals surface area contributed by atoms with Crippen LogP contribution in [-0.4, -0.2) is 40.2 Å². The number of hydrogen-bond donors (Lipinski definition) is 2. The fourth-order valence-corrected chi connectivity index (χ4v) is 7.45. The van der Waals surface area contributed by atoms with Crippen molar-refractivity contribution >= 4 is 11.6 Å². The number of Topliss-reactive ketones (excluding diaryl/α,β-unsaturated/α-hetero) is 1. The SMILES string of the molecule is C[C@]12CCC(=O)C=C1CC[C@H]1[C@@H]3CC[C@](C)(C(=O)CO)[C@@]3(C)C[C@H](O)[C@@]12F. The number of fused-ring (bicyclic) bond motifs is 5. The van der Waals surface area contributed by atoms with Crippen LogP contribution in [0.4, 0.5) is 4.39 Å². The van der Waals surface area contributed by atoms with Gasteiger partial charge in [0.2, 0.25) is 0 Å². The monoisotopic (exact) mass is 378 g/mol. The summed E-state index contributed by atoms with van der Waals surface area (Å²) in [5.74, 6) is -0.462. The van der Waals surface area contributed by atoms with Crippen molar-refractivity contribution in [1.82, 2.24) is 0 Å². The molecule has 0 aromatic carbocycles. The lowest BCUT2D eigenvalue weighted by molar-refractivity contribution is -0.216. The van der Waals surface area contributed by atoms with E-state index in [2.05, 4.69) is 0 Å². The number of carbonyl (C=O) groups excluding carboxylic acids is 2. The van der Waals surface area contributed by atoms with E-state index in [0.29, 0.717) is 32.1 Å². The molecular weight excluding hydrogens is 347 g/mol. The Kier molecular flexibility index (Phi) is 4.08. The number of rotatable bonds is 2. The van der Waals surface area contributed by atoms with Crippen molar-refractivity contribution in [3.63, 3.8) is 0 Å². The first-order valence-corrected chi connectivity index (χ1v) is 10.3. The minimum atomic E-state index is -1.77. The number of ketones is 2. The molecule has 4 nitrogen and oxygen atoms in total. The van der Waals surface area contributed by atoms with Gasteiger partial charge in [0.15, 0.2) is 11.6 Å². The van der Waals surface area contributed by atoms with Crippen LogP contribution in [0.3, 0.4) is 0 Å². The number of allylic oxidation sites excluding steroid dienone is 1. The molecule has 4 aliphatic rings. The molecule has 0 saturated heterocycles. The number of carbonyl (C=O) groups is 2. The van der Waals surface area contributed by atoms with E-state index < -0.39 is 34.6 Å². The molecule has 0 bridgehead atoms. The number of aliphatic hydroxyl groups is 2. The highest BCUT2D eigenvalue weighted by molar-refractivity contribution is 5.91. The first-order valence-electron chi connectivity index (χ1n) is 10.3. The van der Waals surface area contributed by atoms with Gasteiger partial charge in [0.05, 0.1) is 6.10 Å². The Morgan fingerprint density at radius 1 is 1.19 bits per heavy atom. The van der Waals surface area contributed by atoms with Crippen LogP contribution in [0.15, 0.2) is 11.6 Å². The lowest BCUT2D eigenvalue weighted by Crippen LogP contribution is -2.68. The van der Waals surface area contributed by atoms with Gasteiger partial charge < -0.3 is 10.2 Å². The Morgan fingerprint density at radius 2 is 1.89 bits per heavy atom. The van der Waals surface area contributed by atoms with E-state index in [4.69, 9.17) is 0 Å². The highest BCUT2D eigenvalue weighted by atomic mass is 19.1. The average molecular weight is 378 g/mol. The van der Waals surface area contributed by atoms with Crippen LogP contribution in [0.1, 0.15) is 65.7 Å². The Labute approximate surface area is 160 Å². The standard InChI is InChI=1S/C22H31FO4/c1-19-8-6-14(25)10-13(19)4-5-16-15-7-9-20(2,18(27)12-24)21(15,3)11-17(26)22(16,19)23/h10,15-17,24,26H,4-9,11-12H2,1-3H3/t15-,16-,17-,19-,20+,21-,22-/m0/s1. The van der Waals surface area contributed by atoms with Crippen molar-refractivity contribution in [2.75, 3.05) is 6.61 Å². The minimum absolute atomic E-state index is 0.00223. The summed E-state index contributed by atoms with van der Waals surface area (Å²) in [6.45, 7) is 5.28. The summed E-state index contributed by atoms with van der Waals surface area (Å²) in [5.41, 5.74) is -2.98. The molecule has 5 heteroatoms. The first kappa shape index (κ1) is 19.3. The molecular formula is C22H31FO4. The van der Waals surface area contributed by atoms with E-state index in [1.807, 2.05) is 20.8 Å². The summed E-state index contributed by atoms with van der Waals surface area (Å²) in [6.07, 6.45) is 4.11. The van der Waals surface area contributed by atoms with Gasteiger partial charge in [0.25, 0.3) is 0 Å². The van der Waals surface area contributed by atoms with Gasteiger partial charge in [-0.25, -0.2) is 4.39 Å². The second-order valence-corrected chi connectivity index (χ2v) is 10.1. The molecule has 0 aliphatic heterocycles. The van der Waals surface area contributed by atoms with E-state index in [1.54, 1.807) is 6.08 Å². The zero-order chi connectivity index (χ0) is 19.8. The molecule has 7 atom stereocenters. The van der Waals surface area contributed by atoms with Crippen LogP contribution in [0.5, 0.6) is 0 Å². The first-order chi connectivity index (χ1) is 12.5. The van der Waals surface area contributed by atoms with Crippen molar-refractivity contribution in [2.45, 2.75) is 77.5 Å². The molecule has 3 saturated carbocycles. The fraction of sp³-hybridized carbons (Fsp3) is 0.818. The van der Waals surface area contributed by atoms with Crippen LogP contribution in [0, 0.1) is 28.1 Å². The van der Waals surface area contributed by atoms with Gasteiger partial charge in [0, 0.05) is 23.2 Å². The molecule has 0 spiro atoms. The minimum Gasteiger partial charge on any atom is -0.390 e. The summed E-state index contributed by atoms with van der Waals surface area (Å²) >= 11 is 0. The topological polar surface area (TPSA) is 74.6 Å². The lowest BCUT2D eigenvalue weighted by atomic mass is 9.43. The highest BCUT2D eigenvalue weighted by Crippen LogP contribution is 2.72. The predicted molar refractivity (Wildman–Crippen MR) is 98.6 cm³/mol. The zero-order valence-electron chi connectivity index (χ0n) is 16.6. The highest BCUT2D eigenvalue weighted by Gasteiger charge is 2.73. The van der Waals surface area contributed by atoms with Crippen molar-refractivity contribution in [3.8, 4) is 0 Å². The van der Waals surface area contributed by atoms with E-state index in [9.17, 15) is 19.8 Å². The number of aliphatic hydroxyl groups excluding tert-OH is 2. The van der Waals surface area contributed by atoms with Crippen molar-refractivity contribution in [2.24, 2.45) is 28.1 Å². The van der Waals surface area contributed by atoms with E-state index in [0.717, 1.165) is 12.0 Å². The van der Waals surface area contributed by atoms with Crippen molar-refractivity contribution in [3.05, 3.63) is 11.6 Å². The Bertz CT molecular complexity index is 732. The Balaban J connectivity index is 1.80. The van der Waals surface area contributed by atoms with Crippen molar-refractivity contribution in [1.29, 1.82) is 0 Å². The van der Waals surface area contributed by atoms with Gasteiger partial charge in [-0.05, 0) is 55.9 Å². The van der Waals surface area contributed by atoms with E-state index in [-0.39, 0.29) is 29.8 Å². The average Bonchev–Trinajstić information content (AvgIpc) is 2.88. The lowest BCUT2D eigenvalue weighted by Gasteiger charge is -2.63. The molecule has 4 aliphatic carbocycles.